The monoisotopic (exact) mass is 654 g/mol. The van der Waals surface area contributed by atoms with E-state index in [0.717, 1.165) is 13.1 Å². The maximum absolute atomic E-state index is 10.6. The van der Waals surface area contributed by atoms with Gasteiger partial charge in [-0.15, -0.1) is 0 Å². The second kappa shape index (κ2) is 64.3. The van der Waals surface area contributed by atoms with E-state index in [1.54, 1.807) is 30.6 Å². The van der Waals surface area contributed by atoms with Crippen molar-refractivity contribution in [3.05, 3.63) is 14.0 Å². The summed E-state index contributed by atoms with van der Waals surface area (Å²) in [6.45, 7) is 18.1. The molecule has 1 atom stereocenters. The van der Waals surface area contributed by atoms with Crippen LogP contribution >= 0.6 is 0 Å². The molecule has 2 amide bonds. The summed E-state index contributed by atoms with van der Waals surface area (Å²) < 4.78 is 0. The van der Waals surface area contributed by atoms with Crippen molar-refractivity contribution in [2.24, 2.45) is 11.8 Å². The molecule has 0 aromatic rings. The second-order valence-electron chi connectivity index (χ2n) is 6.44. The van der Waals surface area contributed by atoms with Crippen LogP contribution in [0.1, 0.15) is 108 Å². The molecule has 8 heteroatoms. The Morgan fingerprint density at radius 3 is 0.794 bits per heavy atom. The first-order valence-electron chi connectivity index (χ1n) is 8.07. The van der Waals surface area contributed by atoms with Gasteiger partial charge >= 0.3 is 0 Å². The molecule has 0 aromatic carbocycles. The predicted octanol–water partition coefficient (Wildman–Crippen LogP) is 7.68. The van der Waals surface area contributed by atoms with Crippen molar-refractivity contribution in [2.45, 2.75) is 114 Å². The maximum Gasteiger partial charge on any atom is 0.219 e. The van der Waals surface area contributed by atoms with Gasteiger partial charge in [-0.2, -0.15) is 0 Å². The standard InChI is InChI=1S/2C7H15NO.C3H7O.CH3O.8CH4.2Y/c2*1-6(2)5-8(4)7(3)9;1-3(2)4;1-2;;;;;;;;;;/h2*6H,5H2,1-4H3;3-4H,1H2,2H3;2H,1H2;8*1H4;;/q;;2*-1;;;;;;;;;;. The molecule has 0 saturated heterocycles. The van der Waals surface area contributed by atoms with E-state index in [9.17, 15) is 9.59 Å². The molecule has 0 saturated carbocycles. The Bertz CT molecular complexity index is 278. The fraction of sp³-hybridized carbons (Fsp3) is 0.846. The van der Waals surface area contributed by atoms with Crippen molar-refractivity contribution in [3.8, 4) is 0 Å². The molecule has 0 aliphatic heterocycles. The van der Waals surface area contributed by atoms with Crippen LogP contribution < -0.4 is 0 Å². The first-order chi connectivity index (χ1) is 10.8. The molecule has 0 bridgehead atoms. The summed E-state index contributed by atoms with van der Waals surface area (Å²) >= 11 is 0. The Morgan fingerprint density at radius 1 is 0.647 bits per heavy atom. The van der Waals surface area contributed by atoms with Gasteiger partial charge in [-0.1, -0.05) is 100 Å². The Labute approximate surface area is 271 Å². The van der Waals surface area contributed by atoms with Crippen LogP contribution in [0, 0.1) is 25.9 Å². The summed E-state index contributed by atoms with van der Waals surface area (Å²) in [7, 11) is 5.89. The predicted molar refractivity (Wildman–Crippen MR) is 154 cm³/mol. The quantitative estimate of drug-likeness (QED) is 0.305. The van der Waals surface area contributed by atoms with Gasteiger partial charge in [-0.3, -0.25) is 9.59 Å². The molecule has 2 radical (unpaired) electrons. The minimum atomic E-state index is -0.417. The van der Waals surface area contributed by atoms with Crippen LogP contribution in [0.15, 0.2) is 0 Å². The minimum absolute atomic E-state index is 0. The number of amides is 2. The van der Waals surface area contributed by atoms with Crippen LogP contribution in [-0.4, -0.2) is 65.1 Å². The van der Waals surface area contributed by atoms with E-state index in [4.69, 9.17) is 10.2 Å². The normalized spacial score (nSPS) is 7.26. The number of nitrogens with zero attached hydrogens (tertiary/aromatic N) is 2. The maximum atomic E-state index is 10.6. The number of rotatable bonds is 4. The van der Waals surface area contributed by atoms with Gasteiger partial charge in [0.2, 0.25) is 11.8 Å². The van der Waals surface area contributed by atoms with E-state index in [0.29, 0.717) is 11.8 Å². The third kappa shape index (κ3) is 117. The summed E-state index contributed by atoms with van der Waals surface area (Å²) in [6, 6.07) is 0. The number of aliphatic hydroxyl groups excluding tert-OH is 2. The van der Waals surface area contributed by atoms with Gasteiger partial charge in [0.1, 0.15) is 0 Å². The average molecular weight is 655 g/mol. The van der Waals surface area contributed by atoms with Crippen LogP contribution in [0.2, 0.25) is 0 Å². The van der Waals surface area contributed by atoms with Crippen LogP contribution in [0.4, 0.5) is 0 Å². The molecule has 218 valence electrons. The molecule has 0 rings (SSSR count). The fourth-order valence-electron chi connectivity index (χ4n) is 1.35. The molecule has 34 heavy (non-hydrogen) atoms. The van der Waals surface area contributed by atoms with Gasteiger partial charge in [0, 0.05) is 106 Å². The van der Waals surface area contributed by atoms with Crippen molar-refractivity contribution < 1.29 is 85.2 Å². The van der Waals surface area contributed by atoms with Crippen molar-refractivity contribution >= 4 is 11.8 Å². The van der Waals surface area contributed by atoms with Crippen LogP contribution in [0.5, 0.6) is 0 Å². The summed E-state index contributed by atoms with van der Waals surface area (Å²) in [5.74, 6) is 1.42. The van der Waals surface area contributed by atoms with Gasteiger partial charge in [0.15, 0.2) is 0 Å². The van der Waals surface area contributed by atoms with Crippen LogP contribution in [0.25, 0.3) is 0 Å². The van der Waals surface area contributed by atoms with Gasteiger partial charge in [0.25, 0.3) is 0 Å². The van der Waals surface area contributed by atoms with Gasteiger partial charge in [0.05, 0.1) is 0 Å². The molecular weight excluding hydrogens is 582 g/mol. The zero-order valence-corrected chi connectivity index (χ0v) is 24.0. The Hall–Kier alpha value is 1.07. The smallest absolute Gasteiger partial charge is 0.219 e. The van der Waals surface area contributed by atoms with Crippen LogP contribution in [-0.2, 0) is 75.0 Å². The van der Waals surface area contributed by atoms with E-state index in [1.807, 2.05) is 14.1 Å². The number of hydrogen-bond donors (Lipinski definition) is 2. The summed E-state index contributed by atoms with van der Waals surface area (Å²) in [4.78, 5) is 24.7. The van der Waals surface area contributed by atoms with E-state index in [2.05, 4.69) is 41.7 Å². The van der Waals surface area contributed by atoms with E-state index >= 15 is 0 Å². The summed E-state index contributed by atoms with van der Waals surface area (Å²) in [5.41, 5.74) is 0. The molecule has 0 spiro atoms. The van der Waals surface area contributed by atoms with Crippen molar-refractivity contribution in [3.63, 3.8) is 0 Å². The number of carbonyl (C=O) groups excluding carboxylic acids is 2. The largest absolute Gasteiger partial charge is 0.569 e. The first-order valence-corrected chi connectivity index (χ1v) is 8.07. The van der Waals surface area contributed by atoms with Gasteiger partial charge in [-0.25, -0.2) is 7.11 Å². The molecule has 0 aromatic heterocycles. The van der Waals surface area contributed by atoms with E-state index < -0.39 is 6.10 Å². The number of aliphatic hydroxyl groups is 2. The van der Waals surface area contributed by atoms with Crippen molar-refractivity contribution in [1.29, 1.82) is 0 Å². The van der Waals surface area contributed by atoms with E-state index in [1.165, 1.54) is 0 Å². The van der Waals surface area contributed by atoms with Crippen molar-refractivity contribution in [1.82, 2.24) is 9.80 Å². The Kier molecular flexibility index (Phi) is 173. The molecule has 0 aliphatic carbocycles. The minimum Gasteiger partial charge on any atom is -0.569 e. The molecular formula is C26H72N2O4Y2-2. The number of hydrogen-bond acceptors (Lipinski definition) is 4. The molecule has 2 N–H and O–H groups in total. The Morgan fingerprint density at radius 2 is 0.765 bits per heavy atom. The molecule has 1 unspecified atom stereocenters. The molecule has 6 nitrogen and oxygen atoms in total. The SMILES string of the molecule is C.C.C.C.C.C.C.C.CC(=O)N(C)CC(C)C.CC(=O)N(C)CC(C)C.[CH2-]C(C)O.[CH2-]O.[Y].[Y]. The topological polar surface area (TPSA) is 81.1 Å². The number of carbonyl (C=O) groups is 2. The summed E-state index contributed by atoms with van der Waals surface area (Å²) in [5, 5.41) is 14.7. The Balaban J connectivity index is -0.0000000129. The zero-order valence-electron chi connectivity index (χ0n) is 18.3. The van der Waals surface area contributed by atoms with Gasteiger partial charge in [-0.05, 0) is 11.8 Å². The van der Waals surface area contributed by atoms with E-state index in [-0.39, 0.29) is 137 Å². The van der Waals surface area contributed by atoms with Gasteiger partial charge < -0.3 is 26.9 Å². The third-order valence-electron chi connectivity index (χ3n) is 2.35. The van der Waals surface area contributed by atoms with Crippen molar-refractivity contribution in [2.75, 3.05) is 27.2 Å². The summed E-state index contributed by atoms with van der Waals surface area (Å²) in [6.07, 6.45) is -0.417. The molecule has 0 heterocycles. The second-order valence-corrected chi connectivity index (χ2v) is 6.44. The fourth-order valence-corrected chi connectivity index (χ4v) is 1.35. The third-order valence-corrected chi connectivity index (χ3v) is 2.35. The zero-order chi connectivity index (χ0) is 20.5. The first kappa shape index (κ1) is 91.7. The molecule has 0 aliphatic rings. The molecule has 0 fully saturated rings. The van der Waals surface area contributed by atoms with Crippen LogP contribution in [0.3, 0.4) is 0 Å². The average Bonchev–Trinajstić information content (AvgIpc) is 2.39.